The van der Waals surface area contributed by atoms with Gasteiger partial charge in [0.25, 0.3) is 20.2 Å². The summed E-state index contributed by atoms with van der Waals surface area (Å²) in [5.41, 5.74) is 2.21. The molecule has 1 aromatic rings. The fourth-order valence-electron chi connectivity index (χ4n) is 2.07. The fourth-order valence-corrected chi connectivity index (χ4v) is 3.04. The first-order valence-corrected chi connectivity index (χ1v) is 10.6. The molecule has 1 aliphatic heterocycles. The second kappa shape index (κ2) is 9.14. The van der Waals surface area contributed by atoms with Crippen molar-refractivity contribution in [2.45, 2.75) is 25.2 Å². The van der Waals surface area contributed by atoms with Crippen LogP contribution in [0.1, 0.15) is 18.9 Å². The number of hydrogen-bond acceptors (Lipinski definition) is 5. The molecule has 1 aromatic carbocycles. The molecule has 0 atom stereocenters. The molecule has 140 valence electrons. The molecule has 0 unspecified atom stereocenters. The Morgan fingerprint density at radius 1 is 1.04 bits per heavy atom. The third-order valence-corrected chi connectivity index (χ3v) is 4.97. The van der Waals surface area contributed by atoms with E-state index in [1.807, 2.05) is 37.1 Å². The zero-order valence-corrected chi connectivity index (χ0v) is 15.8. The van der Waals surface area contributed by atoms with Gasteiger partial charge in [0.15, 0.2) is 0 Å². The Labute approximate surface area is 149 Å². The lowest BCUT2D eigenvalue weighted by Gasteiger charge is -2.22. The van der Waals surface area contributed by atoms with Gasteiger partial charge < -0.3 is 4.90 Å². The molecule has 0 aliphatic carbocycles. The van der Waals surface area contributed by atoms with Crippen LogP contribution in [-0.4, -0.2) is 49.7 Å². The predicted octanol–water partition coefficient (Wildman–Crippen LogP) is 2.28. The van der Waals surface area contributed by atoms with Gasteiger partial charge in [-0.1, -0.05) is 29.3 Å². The molecule has 0 fully saturated rings. The molecule has 0 saturated heterocycles. The quantitative estimate of drug-likeness (QED) is 0.743. The maximum absolute atomic E-state index is 10.5. The van der Waals surface area contributed by atoms with Crippen LogP contribution in [0.3, 0.4) is 0 Å². The Balaban J connectivity index is 0.000000257. The van der Waals surface area contributed by atoms with Crippen LogP contribution in [0.4, 0.5) is 0 Å². The summed E-state index contributed by atoms with van der Waals surface area (Å²) < 4.78 is 59.0. The van der Waals surface area contributed by atoms with E-state index in [-0.39, 0.29) is 10.6 Å². The summed E-state index contributed by atoms with van der Waals surface area (Å²) in [7, 11) is -7.82. The smallest absolute Gasteiger partial charge is 0.294 e. The minimum Gasteiger partial charge on any atom is -0.373 e. The highest BCUT2D eigenvalue weighted by Crippen LogP contribution is 2.08. The van der Waals surface area contributed by atoms with E-state index in [9.17, 15) is 16.8 Å². The van der Waals surface area contributed by atoms with E-state index in [2.05, 4.69) is 0 Å². The first-order chi connectivity index (χ1) is 11.5. The Bertz CT molecular complexity index is 824. The van der Waals surface area contributed by atoms with Crippen molar-refractivity contribution in [3.05, 3.63) is 53.8 Å². The van der Waals surface area contributed by atoms with Gasteiger partial charge in [-0.2, -0.15) is 16.8 Å². The normalized spacial score (nSPS) is 14.6. The lowest BCUT2D eigenvalue weighted by Crippen LogP contribution is -2.24. The standard InChI is InChI=1S/C9H15NO3S.C7H8O3S/c1-9-4-2-5-10(8-9)6-3-7-14(11,12)13;1-6-2-4-7(5-3-6)11(8,9)10/h2,4-5H,3,6-8H2,1H3,(H,11,12,13);2-5H,1H3,(H,8,9,10). The average Bonchev–Trinajstić information content (AvgIpc) is 2.46. The van der Waals surface area contributed by atoms with Crippen LogP contribution in [-0.2, 0) is 20.2 Å². The highest BCUT2D eigenvalue weighted by Gasteiger charge is 2.08. The molecular formula is C16H23NO6S2. The first kappa shape index (κ1) is 21.4. The van der Waals surface area contributed by atoms with E-state index in [1.165, 1.54) is 17.7 Å². The van der Waals surface area contributed by atoms with Crippen LogP contribution < -0.4 is 0 Å². The molecule has 2 N–H and O–H groups in total. The highest BCUT2D eigenvalue weighted by molar-refractivity contribution is 7.86. The van der Waals surface area contributed by atoms with E-state index in [0.29, 0.717) is 13.0 Å². The monoisotopic (exact) mass is 389 g/mol. The number of nitrogens with zero attached hydrogens (tertiary/aromatic N) is 1. The van der Waals surface area contributed by atoms with Crippen molar-refractivity contribution < 1.29 is 25.9 Å². The molecule has 1 heterocycles. The van der Waals surface area contributed by atoms with Gasteiger partial charge in [0.05, 0.1) is 10.6 Å². The van der Waals surface area contributed by atoms with Gasteiger partial charge in [0.1, 0.15) is 0 Å². The van der Waals surface area contributed by atoms with Gasteiger partial charge in [-0.05, 0) is 44.7 Å². The summed E-state index contributed by atoms with van der Waals surface area (Å²) >= 11 is 0. The van der Waals surface area contributed by atoms with Crippen molar-refractivity contribution in [2.24, 2.45) is 0 Å². The van der Waals surface area contributed by atoms with Gasteiger partial charge in [-0.3, -0.25) is 9.11 Å². The van der Waals surface area contributed by atoms with Gasteiger partial charge in [0, 0.05) is 13.1 Å². The van der Waals surface area contributed by atoms with Crippen molar-refractivity contribution in [2.75, 3.05) is 18.8 Å². The first-order valence-electron chi connectivity index (χ1n) is 7.55. The minimum absolute atomic E-state index is 0.0666. The SMILES string of the molecule is CC1=CC=CN(CCCS(=O)(=O)O)C1.Cc1ccc(S(=O)(=O)O)cc1. The zero-order valence-electron chi connectivity index (χ0n) is 14.2. The summed E-state index contributed by atoms with van der Waals surface area (Å²) in [6, 6.07) is 5.99. The van der Waals surface area contributed by atoms with E-state index >= 15 is 0 Å². The van der Waals surface area contributed by atoms with Gasteiger partial charge in [-0.25, -0.2) is 0 Å². The molecule has 9 heteroatoms. The Kier molecular flexibility index (Phi) is 7.81. The number of rotatable bonds is 5. The van der Waals surface area contributed by atoms with E-state index in [1.54, 1.807) is 12.1 Å². The van der Waals surface area contributed by atoms with Crippen molar-refractivity contribution in [1.82, 2.24) is 4.90 Å². The maximum atomic E-state index is 10.5. The van der Waals surface area contributed by atoms with Crippen LogP contribution in [0, 0.1) is 6.92 Å². The summed E-state index contributed by atoms with van der Waals surface area (Å²) in [6.45, 7) is 5.36. The van der Waals surface area contributed by atoms with Crippen LogP contribution in [0.25, 0.3) is 0 Å². The number of benzene rings is 1. The van der Waals surface area contributed by atoms with Crippen molar-refractivity contribution in [3.63, 3.8) is 0 Å². The summed E-state index contributed by atoms with van der Waals surface area (Å²) in [5.74, 6) is -0.167. The molecule has 0 spiro atoms. The van der Waals surface area contributed by atoms with Crippen LogP contribution in [0.5, 0.6) is 0 Å². The Morgan fingerprint density at radius 3 is 2.12 bits per heavy atom. The average molecular weight is 389 g/mol. The lowest BCUT2D eigenvalue weighted by molar-refractivity contribution is 0.397. The van der Waals surface area contributed by atoms with Gasteiger partial charge in [-0.15, -0.1) is 0 Å². The Morgan fingerprint density at radius 2 is 1.64 bits per heavy atom. The van der Waals surface area contributed by atoms with Crippen LogP contribution in [0.15, 0.2) is 53.1 Å². The molecule has 25 heavy (non-hydrogen) atoms. The predicted molar refractivity (Wildman–Crippen MR) is 96.5 cm³/mol. The zero-order chi connectivity index (χ0) is 19.1. The molecule has 1 aliphatic rings. The molecule has 0 aromatic heterocycles. The van der Waals surface area contributed by atoms with Crippen LogP contribution >= 0.6 is 0 Å². The summed E-state index contributed by atoms with van der Waals surface area (Å²) in [6.07, 6.45) is 6.35. The maximum Gasteiger partial charge on any atom is 0.294 e. The highest BCUT2D eigenvalue weighted by atomic mass is 32.2. The van der Waals surface area contributed by atoms with Gasteiger partial charge in [0.2, 0.25) is 0 Å². The molecule has 0 radical (unpaired) electrons. The van der Waals surface area contributed by atoms with E-state index in [0.717, 1.165) is 12.1 Å². The second-order valence-corrected chi connectivity index (χ2v) is 8.75. The molecule has 0 saturated carbocycles. The lowest BCUT2D eigenvalue weighted by atomic mass is 10.2. The topological polar surface area (TPSA) is 112 Å². The molecule has 0 bridgehead atoms. The van der Waals surface area contributed by atoms with E-state index in [4.69, 9.17) is 9.11 Å². The minimum atomic E-state index is -4.02. The fraction of sp³-hybridized carbons (Fsp3) is 0.375. The second-order valence-electron chi connectivity index (χ2n) is 5.75. The number of hydrogen-bond donors (Lipinski definition) is 2. The van der Waals surface area contributed by atoms with Crippen molar-refractivity contribution >= 4 is 20.2 Å². The van der Waals surface area contributed by atoms with Crippen molar-refractivity contribution in [3.8, 4) is 0 Å². The Hall–Kier alpha value is -1.68. The largest absolute Gasteiger partial charge is 0.373 e. The van der Waals surface area contributed by atoms with E-state index < -0.39 is 20.2 Å². The van der Waals surface area contributed by atoms with Gasteiger partial charge >= 0.3 is 0 Å². The molecule has 7 nitrogen and oxygen atoms in total. The molecule has 2 rings (SSSR count). The van der Waals surface area contributed by atoms with Crippen molar-refractivity contribution in [1.29, 1.82) is 0 Å². The molecule has 0 amide bonds. The van der Waals surface area contributed by atoms with Crippen LogP contribution in [0.2, 0.25) is 0 Å². The summed E-state index contributed by atoms with van der Waals surface area (Å²) in [4.78, 5) is 1.96. The third kappa shape index (κ3) is 9.40. The third-order valence-electron chi connectivity index (χ3n) is 3.30. The summed E-state index contributed by atoms with van der Waals surface area (Å²) in [5, 5.41) is 0. The number of allylic oxidation sites excluding steroid dienone is 2. The number of aryl methyl sites for hydroxylation is 1. The molecular weight excluding hydrogens is 366 g/mol.